The van der Waals surface area contributed by atoms with E-state index in [-0.39, 0.29) is 5.56 Å². The van der Waals surface area contributed by atoms with Gasteiger partial charge in [-0.05, 0) is 43.2 Å². The number of pyridine rings is 1. The minimum Gasteiger partial charge on any atom is -0.494 e. The predicted molar refractivity (Wildman–Crippen MR) is 113 cm³/mol. The van der Waals surface area contributed by atoms with Crippen LogP contribution in [-0.2, 0) is 21.4 Å². The lowest BCUT2D eigenvalue weighted by molar-refractivity contribution is 0.0980. The van der Waals surface area contributed by atoms with E-state index in [2.05, 4.69) is 11.9 Å². The smallest absolute Gasteiger partial charge is 0.266 e. The van der Waals surface area contributed by atoms with E-state index in [4.69, 9.17) is 9.47 Å². The summed E-state index contributed by atoms with van der Waals surface area (Å²) in [6, 6.07) is 9.49. The molecule has 164 valence electrons. The van der Waals surface area contributed by atoms with Crippen LogP contribution in [0.3, 0.4) is 0 Å². The minimum atomic E-state index is -4.17. The third kappa shape index (κ3) is 6.79. The third-order valence-electron chi connectivity index (χ3n) is 4.33. The molecule has 9 heteroatoms. The first-order valence-corrected chi connectivity index (χ1v) is 11.4. The molecule has 0 aliphatic carbocycles. The standard InChI is InChI=1S/C21H28N2O6S/c1-3-5-12-29-19-10-7-16(8-11-19)20(14-24)30(26,27)23-21(25)17-6-9-18(22-13-17)15-28-4-2/h6-11,13,20,24H,3-5,12,14-15H2,1-2H3,(H,23,25). The summed E-state index contributed by atoms with van der Waals surface area (Å²) in [5.74, 6) is -0.202. The molecular formula is C21H28N2O6S. The van der Waals surface area contributed by atoms with Crippen LogP contribution in [0.25, 0.3) is 0 Å². The van der Waals surface area contributed by atoms with Gasteiger partial charge in [-0.3, -0.25) is 9.78 Å². The van der Waals surface area contributed by atoms with Crippen LogP contribution in [0.4, 0.5) is 0 Å². The number of carbonyl (C=O) groups excluding carboxylic acids is 1. The first-order valence-electron chi connectivity index (χ1n) is 9.83. The van der Waals surface area contributed by atoms with Gasteiger partial charge >= 0.3 is 0 Å². The summed E-state index contributed by atoms with van der Waals surface area (Å²) in [5, 5.41) is 8.38. The van der Waals surface area contributed by atoms with E-state index < -0.39 is 27.8 Å². The van der Waals surface area contributed by atoms with Gasteiger partial charge in [0.1, 0.15) is 11.0 Å². The minimum absolute atomic E-state index is 0.0928. The molecule has 1 atom stereocenters. The molecule has 0 radical (unpaired) electrons. The highest BCUT2D eigenvalue weighted by Gasteiger charge is 2.29. The van der Waals surface area contributed by atoms with Crippen LogP contribution in [0.15, 0.2) is 42.6 Å². The zero-order valence-corrected chi connectivity index (χ0v) is 18.0. The summed E-state index contributed by atoms with van der Waals surface area (Å²) in [5.41, 5.74) is 1.08. The zero-order valence-electron chi connectivity index (χ0n) is 17.2. The summed E-state index contributed by atoms with van der Waals surface area (Å²) < 4.78 is 38.2. The maximum Gasteiger partial charge on any atom is 0.266 e. The Morgan fingerprint density at radius 1 is 1.17 bits per heavy atom. The van der Waals surface area contributed by atoms with Crippen molar-refractivity contribution in [1.82, 2.24) is 9.71 Å². The number of sulfonamides is 1. The van der Waals surface area contributed by atoms with E-state index in [0.717, 1.165) is 12.8 Å². The van der Waals surface area contributed by atoms with E-state index in [9.17, 15) is 18.3 Å². The Hall–Kier alpha value is -2.49. The highest BCUT2D eigenvalue weighted by atomic mass is 32.2. The fraction of sp³-hybridized carbons (Fsp3) is 0.429. The molecule has 2 rings (SSSR count). The summed E-state index contributed by atoms with van der Waals surface area (Å²) in [4.78, 5) is 16.5. The number of benzene rings is 1. The number of nitrogens with zero attached hydrogens (tertiary/aromatic N) is 1. The Kier molecular flexibility index (Phi) is 9.22. The highest BCUT2D eigenvalue weighted by Crippen LogP contribution is 2.24. The molecule has 0 saturated carbocycles. The van der Waals surface area contributed by atoms with Gasteiger partial charge in [0.2, 0.25) is 10.0 Å². The molecule has 1 unspecified atom stereocenters. The van der Waals surface area contributed by atoms with Gasteiger partial charge in [0.05, 0.1) is 31.1 Å². The SMILES string of the molecule is CCCCOc1ccc(C(CO)S(=O)(=O)NC(=O)c2ccc(COCC)nc2)cc1. The summed E-state index contributed by atoms with van der Waals surface area (Å²) in [7, 11) is -4.17. The fourth-order valence-electron chi connectivity index (χ4n) is 2.61. The maximum atomic E-state index is 12.7. The summed E-state index contributed by atoms with van der Waals surface area (Å²) in [6.45, 7) is 4.66. The Balaban J connectivity index is 2.07. The van der Waals surface area contributed by atoms with Crippen LogP contribution in [0.1, 0.15) is 53.6 Å². The molecule has 2 aromatic rings. The van der Waals surface area contributed by atoms with Crippen LogP contribution in [-0.4, -0.2) is 44.2 Å². The molecule has 8 nitrogen and oxygen atoms in total. The molecule has 1 aromatic heterocycles. The average molecular weight is 437 g/mol. The van der Waals surface area contributed by atoms with E-state index in [1.807, 2.05) is 11.6 Å². The quantitative estimate of drug-likeness (QED) is 0.492. The number of ether oxygens (including phenoxy) is 2. The van der Waals surface area contributed by atoms with Crippen molar-refractivity contribution in [3.8, 4) is 5.75 Å². The van der Waals surface area contributed by atoms with E-state index >= 15 is 0 Å². The van der Waals surface area contributed by atoms with Crippen molar-refractivity contribution in [3.05, 3.63) is 59.4 Å². The molecular weight excluding hydrogens is 408 g/mol. The lowest BCUT2D eigenvalue weighted by Crippen LogP contribution is -2.35. The van der Waals surface area contributed by atoms with Gasteiger partial charge in [0.15, 0.2) is 0 Å². The Morgan fingerprint density at radius 2 is 1.90 bits per heavy atom. The number of hydrogen-bond acceptors (Lipinski definition) is 7. The molecule has 30 heavy (non-hydrogen) atoms. The number of amides is 1. The number of aliphatic hydroxyl groups excluding tert-OH is 1. The van der Waals surface area contributed by atoms with Crippen LogP contribution < -0.4 is 9.46 Å². The van der Waals surface area contributed by atoms with Crippen molar-refractivity contribution in [3.63, 3.8) is 0 Å². The van der Waals surface area contributed by atoms with Crippen molar-refractivity contribution in [2.24, 2.45) is 0 Å². The first-order chi connectivity index (χ1) is 14.4. The van der Waals surface area contributed by atoms with Crippen molar-refractivity contribution < 1.29 is 27.8 Å². The normalized spacial score (nSPS) is 12.4. The number of carbonyl (C=O) groups is 1. The molecule has 1 heterocycles. The van der Waals surface area contributed by atoms with Crippen molar-refractivity contribution in [1.29, 1.82) is 0 Å². The zero-order chi connectivity index (χ0) is 22.0. The molecule has 1 aromatic carbocycles. The highest BCUT2D eigenvalue weighted by molar-refractivity contribution is 7.90. The van der Waals surface area contributed by atoms with Gasteiger partial charge in [0, 0.05) is 12.8 Å². The average Bonchev–Trinajstić information content (AvgIpc) is 2.74. The number of unbranched alkanes of at least 4 members (excludes halogenated alkanes) is 1. The predicted octanol–water partition coefficient (Wildman–Crippen LogP) is 2.59. The Bertz CT molecular complexity index is 898. The van der Waals surface area contributed by atoms with Gasteiger partial charge < -0.3 is 14.6 Å². The molecule has 0 bridgehead atoms. The van der Waals surface area contributed by atoms with Gasteiger partial charge in [-0.15, -0.1) is 0 Å². The largest absolute Gasteiger partial charge is 0.494 e. The third-order valence-corrected chi connectivity index (χ3v) is 5.98. The molecule has 0 aliphatic heterocycles. The molecule has 2 N–H and O–H groups in total. The van der Waals surface area contributed by atoms with Crippen molar-refractivity contribution in [2.45, 2.75) is 38.5 Å². The van der Waals surface area contributed by atoms with Crippen LogP contribution in [0, 0.1) is 0 Å². The summed E-state index contributed by atoms with van der Waals surface area (Å²) >= 11 is 0. The van der Waals surface area contributed by atoms with Gasteiger partial charge in [-0.1, -0.05) is 25.5 Å². The molecule has 0 fully saturated rings. The first kappa shape index (κ1) is 23.8. The second-order valence-corrected chi connectivity index (χ2v) is 8.46. The molecule has 0 spiro atoms. The van der Waals surface area contributed by atoms with E-state index in [0.29, 0.717) is 36.8 Å². The van der Waals surface area contributed by atoms with Crippen molar-refractivity contribution >= 4 is 15.9 Å². The van der Waals surface area contributed by atoms with Gasteiger partial charge in [0.25, 0.3) is 5.91 Å². The second-order valence-electron chi connectivity index (χ2n) is 6.59. The second kappa shape index (κ2) is 11.6. The lowest BCUT2D eigenvalue weighted by atomic mass is 10.1. The fourth-order valence-corrected chi connectivity index (χ4v) is 3.84. The summed E-state index contributed by atoms with van der Waals surface area (Å²) in [6.07, 6.45) is 3.21. The molecule has 0 saturated heterocycles. The topological polar surface area (TPSA) is 115 Å². The number of nitrogens with one attached hydrogen (secondary N) is 1. The van der Waals surface area contributed by atoms with Crippen LogP contribution in [0.5, 0.6) is 5.75 Å². The lowest BCUT2D eigenvalue weighted by Gasteiger charge is -2.17. The van der Waals surface area contributed by atoms with Crippen LogP contribution >= 0.6 is 0 Å². The molecule has 1 amide bonds. The number of hydrogen-bond donors (Lipinski definition) is 2. The van der Waals surface area contributed by atoms with Crippen LogP contribution in [0.2, 0.25) is 0 Å². The number of aromatic nitrogens is 1. The Morgan fingerprint density at radius 3 is 2.47 bits per heavy atom. The monoisotopic (exact) mass is 436 g/mol. The Labute approximate surface area is 177 Å². The number of rotatable bonds is 12. The van der Waals surface area contributed by atoms with Gasteiger partial charge in [-0.25, -0.2) is 13.1 Å². The van der Waals surface area contributed by atoms with Crippen molar-refractivity contribution in [2.75, 3.05) is 19.8 Å². The molecule has 0 aliphatic rings. The van der Waals surface area contributed by atoms with E-state index in [1.165, 1.54) is 12.3 Å². The maximum absolute atomic E-state index is 12.7. The van der Waals surface area contributed by atoms with Gasteiger partial charge in [-0.2, -0.15) is 0 Å². The number of aliphatic hydroxyl groups is 1. The van der Waals surface area contributed by atoms with E-state index in [1.54, 1.807) is 30.3 Å².